The van der Waals surface area contributed by atoms with Gasteiger partial charge in [0.25, 0.3) is 5.91 Å². The molecule has 0 fully saturated rings. The fraction of sp³-hybridized carbons (Fsp3) is 0.400. The van der Waals surface area contributed by atoms with Gasteiger partial charge < -0.3 is 10.2 Å². The minimum absolute atomic E-state index is 0.0354. The summed E-state index contributed by atoms with van der Waals surface area (Å²) in [5.74, 6) is -0.0354. The van der Waals surface area contributed by atoms with Crippen molar-refractivity contribution in [2.45, 2.75) is 40.0 Å². The van der Waals surface area contributed by atoms with Crippen LogP contribution < -0.4 is 5.32 Å². The standard InChI is InChI=1S/C20H27N3O/c1-6-23(7-2)19(24)18-14-17(12-13-21-18)22-16-10-8-15(9-11-16)20(3,4)5/h8-14H,6-7H2,1-5H3,(H,21,22). The van der Waals surface area contributed by atoms with Crippen LogP contribution in [0.1, 0.15) is 50.7 Å². The summed E-state index contributed by atoms with van der Waals surface area (Å²) in [6, 6.07) is 12.1. The maximum atomic E-state index is 12.4. The Morgan fingerprint density at radius 1 is 1.04 bits per heavy atom. The Morgan fingerprint density at radius 3 is 2.21 bits per heavy atom. The van der Waals surface area contributed by atoms with Crippen LogP contribution in [0.25, 0.3) is 0 Å². The third-order valence-corrected chi connectivity index (χ3v) is 4.07. The first kappa shape index (κ1) is 18.0. The zero-order valence-electron chi connectivity index (χ0n) is 15.3. The Hall–Kier alpha value is -2.36. The Labute approximate surface area is 144 Å². The molecular formula is C20H27N3O. The van der Waals surface area contributed by atoms with Gasteiger partial charge in [0.2, 0.25) is 0 Å². The van der Waals surface area contributed by atoms with Crippen LogP contribution in [0.4, 0.5) is 11.4 Å². The van der Waals surface area contributed by atoms with E-state index in [1.807, 2.05) is 19.9 Å². The molecule has 0 saturated heterocycles. The number of hydrogen-bond donors (Lipinski definition) is 1. The second-order valence-corrected chi connectivity index (χ2v) is 6.86. The van der Waals surface area contributed by atoms with Gasteiger partial charge in [0, 0.05) is 30.7 Å². The van der Waals surface area contributed by atoms with Gasteiger partial charge in [-0.2, -0.15) is 0 Å². The lowest BCUT2D eigenvalue weighted by atomic mass is 9.87. The van der Waals surface area contributed by atoms with Crippen LogP contribution in [-0.4, -0.2) is 28.9 Å². The van der Waals surface area contributed by atoms with Crippen molar-refractivity contribution < 1.29 is 4.79 Å². The minimum Gasteiger partial charge on any atom is -0.355 e. The number of rotatable bonds is 5. The molecule has 24 heavy (non-hydrogen) atoms. The minimum atomic E-state index is -0.0354. The molecule has 0 aliphatic heterocycles. The Morgan fingerprint density at radius 2 is 1.67 bits per heavy atom. The van der Waals surface area contributed by atoms with Gasteiger partial charge in [-0.15, -0.1) is 0 Å². The van der Waals surface area contributed by atoms with Gasteiger partial charge in [-0.1, -0.05) is 32.9 Å². The molecule has 0 radical (unpaired) electrons. The molecule has 4 nitrogen and oxygen atoms in total. The largest absolute Gasteiger partial charge is 0.355 e. The molecule has 0 unspecified atom stereocenters. The van der Waals surface area contributed by atoms with E-state index < -0.39 is 0 Å². The van der Waals surface area contributed by atoms with Crippen LogP contribution in [-0.2, 0) is 5.41 Å². The number of carbonyl (C=O) groups excluding carboxylic acids is 1. The van der Waals surface area contributed by atoms with Gasteiger partial charge in [0.05, 0.1) is 0 Å². The van der Waals surface area contributed by atoms with Crippen LogP contribution in [0.5, 0.6) is 0 Å². The van der Waals surface area contributed by atoms with E-state index in [1.165, 1.54) is 5.56 Å². The van der Waals surface area contributed by atoms with Crippen molar-refractivity contribution in [3.05, 3.63) is 53.9 Å². The molecule has 1 aromatic heterocycles. The van der Waals surface area contributed by atoms with Crippen molar-refractivity contribution in [1.29, 1.82) is 0 Å². The highest BCUT2D eigenvalue weighted by Gasteiger charge is 2.15. The molecule has 2 rings (SSSR count). The second kappa shape index (κ2) is 7.47. The molecule has 1 N–H and O–H groups in total. The molecule has 0 aliphatic carbocycles. The highest BCUT2D eigenvalue weighted by Crippen LogP contribution is 2.25. The summed E-state index contributed by atoms with van der Waals surface area (Å²) in [7, 11) is 0. The lowest BCUT2D eigenvalue weighted by Crippen LogP contribution is -2.31. The number of hydrogen-bond acceptors (Lipinski definition) is 3. The number of nitrogens with one attached hydrogen (secondary N) is 1. The highest BCUT2D eigenvalue weighted by molar-refractivity contribution is 5.93. The highest BCUT2D eigenvalue weighted by atomic mass is 16.2. The molecule has 0 spiro atoms. The monoisotopic (exact) mass is 325 g/mol. The molecule has 4 heteroatoms. The van der Waals surface area contributed by atoms with E-state index >= 15 is 0 Å². The topological polar surface area (TPSA) is 45.2 Å². The summed E-state index contributed by atoms with van der Waals surface area (Å²) in [5.41, 5.74) is 3.76. The van der Waals surface area contributed by atoms with Gasteiger partial charge in [0.15, 0.2) is 0 Å². The van der Waals surface area contributed by atoms with Crippen molar-refractivity contribution >= 4 is 17.3 Å². The summed E-state index contributed by atoms with van der Waals surface area (Å²) < 4.78 is 0. The quantitative estimate of drug-likeness (QED) is 0.873. The second-order valence-electron chi connectivity index (χ2n) is 6.86. The smallest absolute Gasteiger partial charge is 0.272 e. The molecule has 0 atom stereocenters. The van der Waals surface area contributed by atoms with Crippen molar-refractivity contribution in [1.82, 2.24) is 9.88 Å². The van der Waals surface area contributed by atoms with E-state index in [1.54, 1.807) is 17.2 Å². The van der Waals surface area contributed by atoms with Gasteiger partial charge in [-0.05, 0) is 49.1 Å². The van der Waals surface area contributed by atoms with Crippen molar-refractivity contribution in [3.63, 3.8) is 0 Å². The van der Waals surface area contributed by atoms with Crippen LogP contribution in [0.15, 0.2) is 42.6 Å². The van der Waals surface area contributed by atoms with Crippen molar-refractivity contribution in [3.8, 4) is 0 Å². The zero-order chi connectivity index (χ0) is 17.7. The van der Waals surface area contributed by atoms with Crippen LogP contribution in [0.3, 0.4) is 0 Å². The Kier molecular flexibility index (Phi) is 5.60. The predicted molar refractivity (Wildman–Crippen MR) is 99.9 cm³/mol. The lowest BCUT2D eigenvalue weighted by Gasteiger charge is -2.19. The molecule has 0 saturated carbocycles. The molecule has 1 amide bonds. The van der Waals surface area contributed by atoms with Crippen LogP contribution in [0, 0.1) is 0 Å². The predicted octanol–water partition coefficient (Wildman–Crippen LogP) is 4.60. The van der Waals surface area contributed by atoms with Gasteiger partial charge in [-0.25, -0.2) is 0 Å². The number of aromatic nitrogens is 1. The summed E-state index contributed by atoms with van der Waals surface area (Å²) in [6.45, 7) is 11.9. The third kappa shape index (κ3) is 4.34. The summed E-state index contributed by atoms with van der Waals surface area (Å²) in [5, 5.41) is 3.34. The van der Waals surface area contributed by atoms with Crippen molar-refractivity contribution in [2.24, 2.45) is 0 Å². The van der Waals surface area contributed by atoms with Crippen molar-refractivity contribution in [2.75, 3.05) is 18.4 Å². The maximum Gasteiger partial charge on any atom is 0.272 e. The maximum absolute atomic E-state index is 12.4. The zero-order valence-corrected chi connectivity index (χ0v) is 15.3. The average Bonchev–Trinajstić information content (AvgIpc) is 2.56. The van der Waals surface area contributed by atoms with Crippen LogP contribution >= 0.6 is 0 Å². The van der Waals surface area contributed by atoms with Gasteiger partial charge in [0.1, 0.15) is 5.69 Å². The fourth-order valence-corrected chi connectivity index (χ4v) is 2.52. The van der Waals surface area contributed by atoms with Crippen LogP contribution in [0.2, 0.25) is 0 Å². The number of benzene rings is 1. The average molecular weight is 325 g/mol. The Balaban J connectivity index is 2.16. The number of anilines is 2. The van der Waals surface area contributed by atoms with E-state index in [0.717, 1.165) is 11.4 Å². The first-order valence-electron chi connectivity index (χ1n) is 8.48. The number of carbonyl (C=O) groups is 1. The van der Waals surface area contributed by atoms with Gasteiger partial charge in [-0.3, -0.25) is 9.78 Å². The molecule has 1 aromatic carbocycles. The summed E-state index contributed by atoms with van der Waals surface area (Å²) in [4.78, 5) is 18.4. The molecule has 2 aromatic rings. The first-order chi connectivity index (χ1) is 11.3. The normalized spacial score (nSPS) is 11.2. The van der Waals surface area contributed by atoms with Gasteiger partial charge >= 0.3 is 0 Å². The lowest BCUT2D eigenvalue weighted by molar-refractivity contribution is 0.0767. The first-order valence-corrected chi connectivity index (χ1v) is 8.48. The van der Waals surface area contributed by atoms with E-state index in [9.17, 15) is 4.79 Å². The van der Waals surface area contributed by atoms with E-state index in [-0.39, 0.29) is 11.3 Å². The molecule has 1 heterocycles. The summed E-state index contributed by atoms with van der Waals surface area (Å²) in [6.07, 6.45) is 1.67. The van der Waals surface area contributed by atoms with E-state index in [0.29, 0.717) is 18.8 Å². The Bertz CT molecular complexity index is 683. The molecule has 0 aliphatic rings. The molecule has 0 bridgehead atoms. The molecule has 128 valence electrons. The summed E-state index contributed by atoms with van der Waals surface area (Å²) >= 11 is 0. The van der Waals surface area contributed by atoms with E-state index in [4.69, 9.17) is 0 Å². The van der Waals surface area contributed by atoms with E-state index in [2.05, 4.69) is 55.3 Å². The SMILES string of the molecule is CCN(CC)C(=O)c1cc(Nc2ccc(C(C)(C)C)cc2)ccn1. The molecular weight excluding hydrogens is 298 g/mol. The number of pyridine rings is 1. The number of nitrogens with zero attached hydrogens (tertiary/aromatic N) is 2. The third-order valence-electron chi connectivity index (χ3n) is 4.07. The number of amides is 1. The fourth-order valence-electron chi connectivity index (χ4n) is 2.52.